The van der Waals surface area contributed by atoms with Crippen LogP contribution in [0.15, 0.2) is 52.9 Å². The average molecular weight is 341 g/mol. The summed E-state index contributed by atoms with van der Waals surface area (Å²) >= 11 is 1.69. The predicted molar refractivity (Wildman–Crippen MR) is 96.4 cm³/mol. The van der Waals surface area contributed by atoms with E-state index in [0.717, 1.165) is 28.3 Å². The van der Waals surface area contributed by atoms with Crippen molar-refractivity contribution in [3.63, 3.8) is 0 Å². The van der Waals surface area contributed by atoms with Crippen LogP contribution in [0.1, 0.15) is 29.2 Å². The molecule has 1 atom stereocenters. The van der Waals surface area contributed by atoms with E-state index < -0.39 is 0 Å². The molecule has 5 heteroatoms. The van der Waals surface area contributed by atoms with E-state index in [-0.39, 0.29) is 16.7 Å². The number of para-hydroxylation sites is 1. The van der Waals surface area contributed by atoms with Gasteiger partial charge in [-0.1, -0.05) is 25.1 Å². The number of nitrogens with zero attached hydrogens (tertiary/aromatic N) is 1. The Balaban J connectivity index is 2.03. The molecule has 3 rings (SSSR count). The molecular formula is C19H19NO3S. The van der Waals surface area contributed by atoms with E-state index in [1.807, 2.05) is 25.1 Å². The monoisotopic (exact) mass is 341 g/mol. The molecule has 0 amide bonds. The van der Waals surface area contributed by atoms with E-state index in [0.29, 0.717) is 5.89 Å². The number of hydrogen-bond donors (Lipinski definition) is 2. The maximum Gasteiger partial charge on any atom is 0.226 e. The highest BCUT2D eigenvalue weighted by Gasteiger charge is 2.24. The van der Waals surface area contributed by atoms with Crippen LogP contribution in [0.4, 0.5) is 0 Å². The maximum absolute atomic E-state index is 10.2. The molecule has 0 saturated carbocycles. The van der Waals surface area contributed by atoms with Gasteiger partial charge in [0.25, 0.3) is 0 Å². The first-order valence-corrected chi connectivity index (χ1v) is 8.81. The Morgan fingerprint density at radius 1 is 1.08 bits per heavy atom. The lowest BCUT2D eigenvalue weighted by Crippen LogP contribution is -1.98. The highest BCUT2D eigenvalue weighted by Crippen LogP contribution is 2.42. The number of hydrogen-bond acceptors (Lipinski definition) is 5. The lowest BCUT2D eigenvalue weighted by molar-refractivity contribution is 0.463. The largest absolute Gasteiger partial charge is 0.508 e. The number of phenols is 2. The van der Waals surface area contributed by atoms with Crippen LogP contribution >= 0.6 is 11.8 Å². The maximum atomic E-state index is 10.2. The molecule has 0 aliphatic heterocycles. The number of rotatable bonds is 5. The fourth-order valence-corrected chi connectivity index (χ4v) is 3.64. The molecule has 2 N–H and O–H groups in total. The molecule has 0 fully saturated rings. The molecule has 0 radical (unpaired) electrons. The van der Waals surface area contributed by atoms with Crippen LogP contribution in [0.25, 0.3) is 11.5 Å². The Morgan fingerprint density at radius 2 is 1.79 bits per heavy atom. The molecule has 3 aromatic rings. The predicted octanol–water partition coefficient (Wildman–Crippen LogP) is 4.90. The van der Waals surface area contributed by atoms with E-state index in [1.165, 1.54) is 0 Å². The second-order valence-corrected chi connectivity index (χ2v) is 6.79. The zero-order valence-corrected chi connectivity index (χ0v) is 14.4. The van der Waals surface area contributed by atoms with Crippen molar-refractivity contribution in [3.05, 3.63) is 65.5 Å². The second-order valence-electron chi connectivity index (χ2n) is 5.41. The summed E-state index contributed by atoms with van der Waals surface area (Å²) in [6.07, 6.45) is 0. The third-order valence-electron chi connectivity index (χ3n) is 3.74. The van der Waals surface area contributed by atoms with Crippen molar-refractivity contribution in [1.82, 2.24) is 4.98 Å². The van der Waals surface area contributed by atoms with Crippen LogP contribution in [0.2, 0.25) is 0 Å². The van der Waals surface area contributed by atoms with Crippen LogP contribution in [-0.2, 0) is 0 Å². The average Bonchev–Trinajstić information content (AvgIpc) is 2.96. The van der Waals surface area contributed by atoms with Gasteiger partial charge < -0.3 is 14.6 Å². The quantitative estimate of drug-likeness (QED) is 0.690. The summed E-state index contributed by atoms with van der Waals surface area (Å²) in [6, 6.07) is 14.1. The smallest absolute Gasteiger partial charge is 0.226 e. The van der Waals surface area contributed by atoms with Crippen LogP contribution in [0.3, 0.4) is 0 Å². The Bertz CT molecular complexity index is 827. The van der Waals surface area contributed by atoms with E-state index in [2.05, 4.69) is 11.9 Å². The Kier molecular flexibility index (Phi) is 4.81. The third-order valence-corrected chi connectivity index (χ3v) is 4.87. The number of thioether (sulfide) groups is 1. The molecule has 24 heavy (non-hydrogen) atoms. The van der Waals surface area contributed by atoms with E-state index in [1.54, 1.807) is 42.1 Å². The molecule has 1 aromatic heterocycles. The summed E-state index contributed by atoms with van der Waals surface area (Å²) in [5.74, 6) is 2.60. The van der Waals surface area contributed by atoms with Gasteiger partial charge in [-0.15, -0.1) is 11.8 Å². The fraction of sp³-hybridized carbons (Fsp3) is 0.211. The van der Waals surface area contributed by atoms with Gasteiger partial charge in [0, 0.05) is 11.1 Å². The minimum Gasteiger partial charge on any atom is -0.508 e. The zero-order chi connectivity index (χ0) is 17.1. The first-order chi connectivity index (χ1) is 11.6. The van der Waals surface area contributed by atoms with E-state index >= 15 is 0 Å². The van der Waals surface area contributed by atoms with Crippen LogP contribution in [0, 0.1) is 6.92 Å². The van der Waals surface area contributed by atoms with Crippen molar-refractivity contribution >= 4 is 11.8 Å². The fourth-order valence-electron chi connectivity index (χ4n) is 2.56. The summed E-state index contributed by atoms with van der Waals surface area (Å²) in [6.45, 7) is 3.98. The summed E-state index contributed by atoms with van der Waals surface area (Å²) in [4.78, 5) is 4.53. The van der Waals surface area contributed by atoms with E-state index in [9.17, 15) is 10.2 Å². The van der Waals surface area contributed by atoms with Gasteiger partial charge in [0.1, 0.15) is 17.3 Å². The minimum absolute atomic E-state index is 0.116. The molecule has 4 nitrogen and oxygen atoms in total. The second kappa shape index (κ2) is 7.01. The minimum atomic E-state index is -0.116. The summed E-state index contributed by atoms with van der Waals surface area (Å²) in [5.41, 5.74) is 2.42. The van der Waals surface area contributed by atoms with Gasteiger partial charge in [0.15, 0.2) is 0 Å². The number of aromatic hydroxyl groups is 2. The van der Waals surface area contributed by atoms with Gasteiger partial charge in [-0.3, -0.25) is 0 Å². The van der Waals surface area contributed by atoms with Crippen molar-refractivity contribution in [2.24, 2.45) is 0 Å². The topological polar surface area (TPSA) is 66.5 Å². The first-order valence-electron chi connectivity index (χ1n) is 7.76. The molecule has 0 saturated heterocycles. The molecular weight excluding hydrogens is 322 g/mol. The molecule has 1 unspecified atom stereocenters. The van der Waals surface area contributed by atoms with Gasteiger partial charge in [-0.05, 0) is 43.0 Å². The number of aryl methyl sites for hydroxylation is 1. The molecule has 0 aliphatic carbocycles. The van der Waals surface area contributed by atoms with Crippen molar-refractivity contribution in [2.45, 2.75) is 19.1 Å². The molecule has 0 aliphatic rings. The number of phenolic OH excluding ortho intramolecular Hbond substituents is 2. The standard InChI is InChI=1S/C19H19NO3S/c1-3-24-18(15-6-4-5-7-16(15)22)17-12(2)20-19(23-17)13-8-10-14(21)11-9-13/h4-11,18,21-22H,3H2,1-2H3. The van der Waals surface area contributed by atoms with Crippen molar-refractivity contribution in [3.8, 4) is 23.0 Å². The molecule has 124 valence electrons. The van der Waals surface area contributed by atoms with E-state index in [4.69, 9.17) is 4.42 Å². The van der Waals surface area contributed by atoms with Gasteiger partial charge in [-0.2, -0.15) is 0 Å². The molecule has 0 spiro atoms. The number of oxazole rings is 1. The van der Waals surface area contributed by atoms with Gasteiger partial charge >= 0.3 is 0 Å². The highest BCUT2D eigenvalue weighted by molar-refractivity contribution is 7.99. The number of benzene rings is 2. The van der Waals surface area contributed by atoms with Gasteiger partial charge in [0.05, 0.1) is 10.9 Å². The highest BCUT2D eigenvalue weighted by atomic mass is 32.2. The Labute approximate surface area is 145 Å². The molecule has 0 bridgehead atoms. The van der Waals surface area contributed by atoms with Gasteiger partial charge in [0.2, 0.25) is 5.89 Å². The molecule has 2 aromatic carbocycles. The normalized spacial score (nSPS) is 12.2. The summed E-state index contributed by atoms with van der Waals surface area (Å²) in [7, 11) is 0. The van der Waals surface area contributed by atoms with Crippen LogP contribution in [-0.4, -0.2) is 20.9 Å². The lowest BCUT2D eigenvalue weighted by atomic mass is 10.1. The SMILES string of the molecule is CCSC(c1ccccc1O)c1oc(-c2ccc(O)cc2)nc1C. The Hall–Kier alpha value is -2.40. The summed E-state index contributed by atoms with van der Waals surface area (Å²) < 4.78 is 6.04. The third kappa shape index (κ3) is 3.26. The van der Waals surface area contributed by atoms with Gasteiger partial charge in [-0.25, -0.2) is 4.98 Å². The zero-order valence-electron chi connectivity index (χ0n) is 13.6. The molecule has 1 heterocycles. The van der Waals surface area contributed by atoms with Crippen molar-refractivity contribution < 1.29 is 14.6 Å². The Morgan fingerprint density at radius 3 is 2.46 bits per heavy atom. The first kappa shape index (κ1) is 16.5. The summed E-state index contributed by atoms with van der Waals surface area (Å²) in [5, 5.41) is 19.5. The van der Waals surface area contributed by atoms with Crippen molar-refractivity contribution in [1.29, 1.82) is 0 Å². The van der Waals surface area contributed by atoms with Crippen molar-refractivity contribution in [2.75, 3.05) is 5.75 Å². The van der Waals surface area contributed by atoms with Crippen LogP contribution in [0.5, 0.6) is 11.5 Å². The number of aromatic nitrogens is 1. The lowest BCUT2D eigenvalue weighted by Gasteiger charge is -2.15. The van der Waals surface area contributed by atoms with Crippen LogP contribution < -0.4 is 0 Å².